The summed E-state index contributed by atoms with van der Waals surface area (Å²) in [7, 11) is -3.78. The van der Waals surface area contributed by atoms with E-state index in [1.165, 1.54) is 0 Å². The molecule has 1 aromatic carbocycles. The molecule has 0 atom stereocenters. The van der Waals surface area contributed by atoms with Gasteiger partial charge in [0, 0.05) is 18.7 Å². The van der Waals surface area contributed by atoms with Crippen molar-refractivity contribution < 1.29 is 21.6 Å². The summed E-state index contributed by atoms with van der Waals surface area (Å²) in [6.45, 7) is 2.02. The van der Waals surface area contributed by atoms with Crippen molar-refractivity contribution in [2.45, 2.75) is 32.4 Å². The van der Waals surface area contributed by atoms with Crippen LogP contribution in [0.4, 0.5) is 24.5 Å². The molecule has 120 valence electrons. The van der Waals surface area contributed by atoms with E-state index >= 15 is 0 Å². The Kier molecular flexibility index (Phi) is 5.88. The number of benzene rings is 1. The van der Waals surface area contributed by atoms with Crippen molar-refractivity contribution in [1.29, 1.82) is 0 Å². The summed E-state index contributed by atoms with van der Waals surface area (Å²) in [6.07, 6.45) is -5.33. The van der Waals surface area contributed by atoms with Crippen LogP contribution in [0.1, 0.15) is 26.2 Å². The molecule has 0 aromatic heterocycles. The number of sulfonamides is 1. The Labute approximate surface area is 122 Å². The van der Waals surface area contributed by atoms with Crippen LogP contribution in [0.15, 0.2) is 24.3 Å². The van der Waals surface area contributed by atoms with Crippen LogP contribution >= 0.6 is 0 Å². The standard InChI is InChI=1S/C13H19F3N2O2S/c1-2-9-18(12-6-4-11(17)5-7-12)21(19,20)10-3-8-13(14,15)16/h4-7H,2-3,8-10,17H2,1H3. The lowest BCUT2D eigenvalue weighted by Crippen LogP contribution is -2.34. The van der Waals surface area contributed by atoms with Gasteiger partial charge in [-0.05, 0) is 37.1 Å². The summed E-state index contributed by atoms with van der Waals surface area (Å²) in [6, 6.07) is 6.21. The first-order valence-corrected chi connectivity index (χ1v) is 8.19. The third-order valence-corrected chi connectivity index (χ3v) is 4.68. The van der Waals surface area contributed by atoms with Crippen LogP contribution in [0.25, 0.3) is 0 Å². The van der Waals surface area contributed by atoms with Gasteiger partial charge in [0.1, 0.15) is 0 Å². The van der Waals surface area contributed by atoms with Gasteiger partial charge in [-0.2, -0.15) is 13.2 Å². The van der Waals surface area contributed by atoms with Crippen molar-refractivity contribution >= 4 is 21.4 Å². The largest absolute Gasteiger partial charge is 0.399 e. The number of hydrogen-bond acceptors (Lipinski definition) is 3. The molecule has 0 fully saturated rings. The fourth-order valence-electron chi connectivity index (χ4n) is 1.84. The Morgan fingerprint density at radius 1 is 1.19 bits per heavy atom. The molecule has 0 amide bonds. The average molecular weight is 324 g/mol. The van der Waals surface area contributed by atoms with E-state index in [2.05, 4.69) is 0 Å². The van der Waals surface area contributed by atoms with Crippen LogP contribution in [0.3, 0.4) is 0 Å². The van der Waals surface area contributed by atoms with E-state index in [4.69, 9.17) is 5.73 Å². The SMILES string of the molecule is CCCN(c1ccc(N)cc1)S(=O)(=O)CCCC(F)(F)F. The number of halogens is 3. The normalized spacial score (nSPS) is 12.4. The maximum Gasteiger partial charge on any atom is 0.389 e. The molecule has 0 heterocycles. The zero-order valence-corrected chi connectivity index (χ0v) is 12.5. The number of anilines is 2. The van der Waals surface area contributed by atoms with Gasteiger partial charge in [-0.1, -0.05) is 6.92 Å². The van der Waals surface area contributed by atoms with Crippen molar-refractivity contribution in [3.05, 3.63) is 24.3 Å². The van der Waals surface area contributed by atoms with E-state index < -0.39 is 34.8 Å². The average Bonchev–Trinajstić information content (AvgIpc) is 2.35. The quantitative estimate of drug-likeness (QED) is 0.784. The first-order chi connectivity index (χ1) is 9.65. The molecule has 0 spiro atoms. The molecule has 0 aliphatic heterocycles. The van der Waals surface area contributed by atoms with E-state index in [0.29, 0.717) is 17.8 Å². The lowest BCUT2D eigenvalue weighted by atomic mass is 10.3. The number of alkyl halides is 3. The van der Waals surface area contributed by atoms with E-state index in [9.17, 15) is 21.6 Å². The molecule has 1 rings (SSSR count). The number of rotatable bonds is 7. The highest BCUT2D eigenvalue weighted by molar-refractivity contribution is 7.92. The number of hydrogen-bond donors (Lipinski definition) is 1. The molecule has 0 radical (unpaired) electrons. The summed E-state index contributed by atoms with van der Waals surface area (Å²) < 4.78 is 62.0. The first kappa shape index (κ1) is 17.6. The highest BCUT2D eigenvalue weighted by Crippen LogP contribution is 2.24. The molecule has 0 bridgehead atoms. The molecule has 0 unspecified atom stereocenters. The van der Waals surface area contributed by atoms with Crippen LogP contribution in [0.2, 0.25) is 0 Å². The minimum Gasteiger partial charge on any atom is -0.399 e. The van der Waals surface area contributed by atoms with Crippen LogP contribution < -0.4 is 10.0 Å². The zero-order valence-electron chi connectivity index (χ0n) is 11.7. The fourth-order valence-corrected chi connectivity index (χ4v) is 3.47. The molecule has 8 heteroatoms. The van der Waals surface area contributed by atoms with E-state index in [1.807, 2.05) is 0 Å². The zero-order chi connectivity index (χ0) is 16.1. The smallest absolute Gasteiger partial charge is 0.389 e. The third-order valence-electron chi connectivity index (χ3n) is 2.81. The van der Waals surface area contributed by atoms with Crippen molar-refractivity contribution in [2.24, 2.45) is 0 Å². The minimum atomic E-state index is -4.34. The molecule has 21 heavy (non-hydrogen) atoms. The summed E-state index contributed by atoms with van der Waals surface area (Å²) in [4.78, 5) is 0. The first-order valence-electron chi connectivity index (χ1n) is 6.58. The second-order valence-corrected chi connectivity index (χ2v) is 6.71. The van der Waals surface area contributed by atoms with Gasteiger partial charge < -0.3 is 5.73 Å². The maximum atomic E-state index is 12.2. The van der Waals surface area contributed by atoms with Gasteiger partial charge in [-0.3, -0.25) is 4.31 Å². The van der Waals surface area contributed by atoms with Crippen LogP contribution in [-0.4, -0.2) is 26.9 Å². The predicted molar refractivity (Wildman–Crippen MR) is 77.6 cm³/mol. The highest BCUT2D eigenvalue weighted by atomic mass is 32.2. The molecule has 4 nitrogen and oxygen atoms in total. The summed E-state index contributed by atoms with van der Waals surface area (Å²) in [5.41, 5.74) is 6.45. The van der Waals surface area contributed by atoms with E-state index in [-0.39, 0.29) is 6.54 Å². The minimum absolute atomic E-state index is 0.221. The fraction of sp³-hybridized carbons (Fsp3) is 0.538. The Morgan fingerprint density at radius 2 is 1.76 bits per heavy atom. The molecule has 0 aliphatic carbocycles. The topological polar surface area (TPSA) is 63.4 Å². The maximum absolute atomic E-state index is 12.2. The van der Waals surface area contributed by atoms with Gasteiger partial charge in [0.25, 0.3) is 0 Å². The van der Waals surface area contributed by atoms with Gasteiger partial charge in [-0.15, -0.1) is 0 Å². The molecule has 1 aromatic rings. The second-order valence-electron chi connectivity index (χ2n) is 4.70. The van der Waals surface area contributed by atoms with E-state index in [0.717, 1.165) is 4.31 Å². The van der Waals surface area contributed by atoms with Gasteiger partial charge in [-0.25, -0.2) is 8.42 Å². The summed E-state index contributed by atoms with van der Waals surface area (Å²) in [5.74, 6) is -0.531. The molecule has 2 N–H and O–H groups in total. The Hall–Kier alpha value is -1.44. The van der Waals surface area contributed by atoms with Gasteiger partial charge in [0.15, 0.2) is 0 Å². The van der Waals surface area contributed by atoms with Crippen LogP contribution in [-0.2, 0) is 10.0 Å². The van der Waals surface area contributed by atoms with Crippen molar-refractivity contribution in [1.82, 2.24) is 0 Å². The Balaban J connectivity index is 2.85. The van der Waals surface area contributed by atoms with Gasteiger partial charge >= 0.3 is 6.18 Å². The monoisotopic (exact) mass is 324 g/mol. The second kappa shape index (κ2) is 7.02. The van der Waals surface area contributed by atoms with Crippen LogP contribution in [0.5, 0.6) is 0 Å². The van der Waals surface area contributed by atoms with Gasteiger partial charge in [0.05, 0.1) is 11.4 Å². The molecular weight excluding hydrogens is 305 g/mol. The predicted octanol–water partition coefficient (Wildman–Crippen LogP) is 3.16. The summed E-state index contributed by atoms with van der Waals surface area (Å²) in [5, 5.41) is 0. The molecule has 0 saturated carbocycles. The number of nitrogen functional groups attached to an aromatic ring is 1. The number of nitrogens with two attached hydrogens (primary N) is 1. The van der Waals surface area contributed by atoms with Crippen LogP contribution in [0, 0.1) is 0 Å². The Morgan fingerprint density at radius 3 is 2.24 bits per heavy atom. The number of nitrogens with zero attached hydrogens (tertiary/aromatic N) is 1. The Bertz CT molecular complexity index is 542. The summed E-state index contributed by atoms with van der Waals surface area (Å²) >= 11 is 0. The molecule has 0 aliphatic rings. The lowest BCUT2D eigenvalue weighted by molar-refractivity contribution is -0.134. The van der Waals surface area contributed by atoms with Crippen molar-refractivity contribution in [3.63, 3.8) is 0 Å². The molecular formula is C13H19F3N2O2S. The lowest BCUT2D eigenvalue weighted by Gasteiger charge is -2.24. The molecule has 0 saturated heterocycles. The highest BCUT2D eigenvalue weighted by Gasteiger charge is 2.29. The van der Waals surface area contributed by atoms with Crippen molar-refractivity contribution in [3.8, 4) is 0 Å². The third kappa shape index (κ3) is 5.82. The van der Waals surface area contributed by atoms with Crippen molar-refractivity contribution in [2.75, 3.05) is 22.3 Å². The van der Waals surface area contributed by atoms with Gasteiger partial charge in [0.2, 0.25) is 10.0 Å². The van der Waals surface area contributed by atoms with E-state index in [1.54, 1.807) is 31.2 Å².